The second-order valence-corrected chi connectivity index (χ2v) is 6.37. The van der Waals surface area contributed by atoms with Gasteiger partial charge in [0.15, 0.2) is 5.78 Å². The predicted molar refractivity (Wildman–Crippen MR) is 80.9 cm³/mol. The van der Waals surface area contributed by atoms with Gasteiger partial charge in [0.1, 0.15) is 0 Å². The van der Waals surface area contributed by atoms with E-state index in [9.17, 15) is 4.79 Å². The van der Waals surface area contributed by atoms with Crippen LogP contribution in [0.4, 0.5) is 0 Å². The number of thiophene rings is 1. The zero-order valence-corrected chi connectivity index (χ0v) is 12.5. The number of carbonyl (C=O) groups excluding carboxylic acids is 1. The minimum Gasteiger partial charge on any atom is -0.295 e. The third-order valence-electron chi connectivity index (χ3n) is 3.05. The Balaban J connectivity index is 1.97. The lowest BCUT2D eigenvalue weighted by atomic mass is 10.1. The number of Topliss-reactive ketones (excluding diaryl/α,β-unsaturated/α-hetero) is 1. The Morgan fingerprint density at radius 1 is 1.21 bits per heavy atom. The molecule has 2 rings (SSSR count). The third-order valence-corrected chi connectivity index (χ3v) is 4.02. The standard InChI is InChI=1S/C16H19NOS/c1-12-9-15(13(2)19-12)16(18)11-17(3)10-14-7-5-4-6-8-14/h4-9H,10-11H2,1-3H3. The van der Waals surface area contributed by atoms with Gasteiger partial charge >= 0.3 is 0 Å². The number of likely N-dealkylation sites (N-methyl/N-ethyl adjacent to an activating group) is 1. The highest BCUT2D eigenvalue weighted by Crippen LogP contribution is 2.21. The van der Waals surface area contributed by atoms with Gasteiger partial charge in [0.2, 0.25) is 0 Å². The highest BCUT2D eigenvalue weighted by atomic mass is 32.1. The molecule has 0 saturated heterocycles. The number of hydrogen-bond donors (Lipinski definition) is 0. The molecule has 0 saturated carbocycles. The van der Waals surface area contributed by atoms with Gasteiger partial charge in [0.25, 0.3) is 0 Å². The molecule has 0 aliphatic heterocycles. The summed E-state index contributed by atoms with van der Waals surface area (Å²) < 4.78 is 0. The Labute approximate surface area is 118 Å². The van der Waals surface area contributed by atoms with Gasteiger partial charge < -0.3 is 0 Å². The summed E-state index contributed by atoms with van der Waals surface area (Å²) in [6, 6.07) is 12.2. The molecule has 0 spiro atoms. The van der Waals surface area contributed by atoms with Gasteiger partial charge in [-0.05, 0) is 32.5 Å². The van der Waals surface area contributed by atoms with Crippen molar-refractivity contribution in [2.75, 3.05) is 13.6 Å². The molecule has 0 fully saturated rings. The van der Waals surface area contributed by atoms with Gasteiger partial charge in [0, 0.05) is 21.9 Å². The number of ketones is 1. The Morgan fingerprint density at radius 3 is 2.47 bits per heavy atom. The fourth-order valence-corrected chi connectivity index (χ4v) is 3.13. The second kappa shape index (κ2) is 6.13. The SMILES string of the molecule is Cc1cc(C(=O)CN(C)Cc2ccccc2)c(C)s1. The Morgan fingerprint density at radius 2 is 1.89 bits per heavy atom. The maximum Gasteiger partial charge on any atom is 0.177 e. The summed E-state index contributed by atoms with van der Waals surface area (Å²) in [5.41, 5.74) is 2.11. The maximum absolute atomic E-state index is 12.2. The van der Waals surface area contributed by atoms with Crippen LogP contribution in [0.1, 0.15) is 25.7 Å². The van der Waals surface area contributed by atoms with Gasteiger partial charge in [-0.25, -0.2) is 0 Å². The number of nitrogens with zero attached hydrogens (tertiary/aromatic N) is 1. The predicted octanol–water partition coefficient (Wildman–Crippen LogP) is 3.68. The van der Waals surface area contributed by atoms with E-state index in [0.717, 1.165) is 17.0 Å². The highest BCUT2D eigenvalue weighted by molar-refractivity contribution is 7.12. The van der Waals surface area contributed by atoms with E-state index < -0.39 is 0 Å². The quantitative estimate of drug-likeness (QED) is 0.775. The van der Waals surface area contributed by atoms with Crippen molar-refractivity contribution in [2.45, 2.75) is 20.4 Å². The summed E-state index contributed by atoms with van der Waals surface area (Å²) in [6.07, 6.45) is 0. The summed E-state index contributed by atoms with van der Waals surface area (Å²) in [5, 5.41) is 0. The molecule has 0 bridgehead atoms. The van der Waals surface area contributed by atoms with Gasteiger partial charge in [-0.1, -0.05) is 30.3 Å². The first-order valence-corrected chi connectivity index (χ1v) is 7.20. The molecule has 1 heterocycles. The molecule has 0 unspecified atom stereocenters. The van der Waals surface area contributed by atoms with Gasteiger partial charge in [-0.2, -0.15) is 0 Å². The van der Waals surface area contributed by atoms with Gasteiger partial charge in [-0.3, -0.25) is 9.69 Å². The van der Waals surface area contributed by atoms with Crippen molar-refractivity contribution < 1.29 is 4.79 Å². The maximum atomic E-state index is 12.2. The Kier molecular flexibility index (Phi) is 4.51. The van der Waals surface area contributed by atoms with Crippen LogP contribution in [0.15, 0.2) is 36.4 Å². The molecule has 1 aromatic carbocycles. The third kappa shape index (κ3) is 3.75. The number of rotatable bonds is 5. The van der Waals surface area contributed by atoms with Crippen molar-refractivity contribution in [2.24, 2.45) is 0 Å². The Bertz CT molecular complexity index is 559. The summed E-state index contributed by atoms with van der Waals surface area (Å²) in [6.45, 7) is 5.32. The molecular formula is C16H19NOS. The first kappa shape index (κ1) is 14.0. The van der Waals surface area contributed by atoms with Crippen molar-refractivity contribution in [3.8, 4) is 0 Å². The summed E-state index contributed by atoms with van der Waals surface area (Å²) in [7, 11) is 1.99. The zero-order chi connectivity index (χ0) is 13.8. The minimum absolute atomic E-state index is 0.209. The molecule has 0 aliphatic rings. The molecule has 100 valence electrons. The molecule has 0 aliphatic carbocycles. The topological polar surface area (TPSA) is 20.3 Å². The summed E-state index contributed by atoms with van der Waals surface area (Å²) >= 11 is 1.69. The van der Waals surface area contributed by atoms with Crippen LogP contribution in [0.2, 0.25) is 0 Å². The van der Waals surface area contributed by atoms with Gasteiger partial charge in [-0.15, -0.1) is 11.3 Å². The van der Waals surface area contributed by atoms with E-state index in [1.165, 1.54) is 10.4 Å². The molecule has 3 heteroatoms. The molecule has 19 heavy (non-hydrogen) atoms. The molecular weight excluding hydrogens is 254 g/mol. The number of hydrogen-bond acceptors (Lipinski definition) is 3. The van der Waals surface area contributed by atoms with Crippen LogP contribution < -0.4 is 0 Å². The van der Waals surface area contributed by atoms with Crippen molar-refractivity contribution >= 4 is 17.1 Å². The number of benzene rings is 1. The molecule has 1 aromatic heterocycles. The molecule has 0 atom stereocenters. The fraction of sp³-hybridized carbons (Fsp3) is 0.312. The van der Waals surface area contributed by atoms with Gasteiger partial charge in [0.05, 0.1) is 6.54 Å². The van der Waals surface area contributed by atoms with E-state index in [-0.39, 0.29) is 5.78 Å². The van der Waals surface area contributed by atoms with Crippen molar-refractivity contribution in [3.63, 3.8) is 0 Å². The largest absolute Gasteiger partial charge is 0.295 e. The summed E-state index contributed by atoms with van der Waals surface area (Å²) in [4.78, 5) is 16.6. The smallest absolute Gasteiger partial charge is 0.177 e. The van der Waals surface area contributed by atoms with E-state index in [0.29, 0.717) is 6.54 Å². The lowest BCUT2D eigenvalue weighted by molar-refractivity contribution is 0.0943. The van der Waals surface area contributed by atoms with E-state index >= 15 is 0 Å². The van der Waals surface area contributed by atoms with E-state index in [2.05, 4.69) is 17.0 Å². The van der Waals surface area contributed by atoms with E-state index in [1.807, 2.05) is 45.2 Å². The molecule has 2 aromatic rings. The van der Waals surface area contributed by atoms with Crippen LogP contribution >= 0.6 is 11.3 Å². The van der Waals surface area contributed by atoms with Crippen LogP contribution in [0.3, 0.4) is 0 Å². The molecule has 2 nitrogen and oxygen atoms in total. The second-order valence-electron chi connectivity index (χ2n) is 4.91. The van der Waals surface area contributed by atoms with Crippen molar-refractivity contribution in [3.05, 3.63) is 57.3 Å². The monoisotopic (exact) mass is 273 g/mol. The van der Waals surface area contributed by atoms with Crippen LogP contribution in [0, 0.1) is 13.8 Å². The zero-order valence-electron chi connectivity index (χ0n) is 11.6. The number of aryl methyl sites for hydroxylation is 2. The normalized spacial score (nSPS) is 10.9. The van der Waals surface area contributed by atoms with E-state index in [4.69, 9.17) is 0 Å². The van der Waals surface area contributed by atoms with Crippen LogP contribution in [-0.4, -0.2) is 24.3 Å². The molecule has 0 radical (unpaired) electrons. The van der Waals surface area contributed by atoms with E-state index in [1.54, 1.807) is 11.3 Å². The average Bonchev–Trinajstić information content (AvgIpc) is 2.69. The molecule has 0 N–H and O–H groups in total. The van der Waals surface area contributed by atoms with Crippen LogP contribution in [0.5, 0.6) is 0 Å². The summed E-state index contributed by atoms with van der Waals surface area (Å²) in [5.74, 6) is 0.209. The first-order valence-electron chi connectivity index (χ1n) is 6.39. The lowest BCUT2D eigenvalue weighted by Crippen LogP contribution is -2.25. The van der Waals surface area contributed by atoms with Crippen LogP contribution in [0.25, 0.3) is 0 Å². The van der Waals surface area contributed by atoms with Crippen LogP contribution in [-0.2, 0) is 6.54 Å². The molecule has 0 amide bonds. The lowest BCUT2D eigenvalue weighted by Gasteiger charge is -2.15. The first-order chi connectivity index (χ1) is 9.06. The van der Waals surface area contributed by atoms with Crippen molar-refractivity contribution in [1.82, 2.24) is 4.90 Å². The number of carbonyl (C=O) groups is 1. The minimum atomic E-state index is 0.209. The average molecular weight is 273 g/mol. The van der Waals surface area contributed by atoms with Crippen molar-refractivity contribution in [1.29, 1.82) is 0 Å². The Hall–Kier alpha value is -1.45. The fourth-order valence-electron chi connectivity index (χ4n) is 2.19. The highest BCUT2D eigenvalue weighted by Gasteiger charge is 2.14.